The first-order valence-electron chi connectivity index (χ1n) is 12.2. The second kappa shape index (κ2) is 9.28. The van der Waals surface area contributed by atoms with Gasteiger partial charge < -0.3 is 14.8 Å². The van der Waals surface area contributed by atoms with Crippen LogP contribution in [0.3, 0.4) is 0 Å². The maximum Gasteiger partial charge on any atom is 0.401 e. The molecule has 0 bridgehead atoms. The molecule has 1 saturated heterocycles. The Balaban J connectivity index is 1.37. The van der Waals surface area contributed by atoms with Gasteiger partial charge in [-0.1, -0.05) is 6.08 Å². The van der Waals surface area contributed by atoms with Gasteiger partial charge in [0.15, 0.2) is 11.5 Å². The highest BCUT2D eigenvalue weighted by atomic mass is 19.4. The van der Waals surface area contributed by atoms with Crippen molar-refractivity contribution in [1.29, 1.82) is 0 Å². The standard InChI is InChI=1S/C25H32F4N4O2/c1-16-8-17-9-21-22(35-15-34-21)10-20(17)23(33(16)14-25(27,28)29)24(2)5-4-18(11-30-24)31-19-12-32(13-19)7-3-6-26/h4,9-11,16,19,23,31H,3,5-8,12-15H2,1-2H3/t16-,23+,24?/m1/s1. The molecule has 0 radical (unpaired) electrons. The Morgan fingerprint density at radius 1 is 1.20 bits per heavy atom. The van der Waals surface area contributed by atoms with Crippen molar-refractivity contribution in [3.05, 3.63) is 35.0 Å². The summed E-state index contributed by atoms with van der Waals surface area (Å²) in [4.78, 5) is 8.59. The molecular formula is C25H32F4N4O2. The minimum Gasteiger partial charge on any atom is -0.454 e. The van der Waals surface area contributed by atoms with Crippen molar-refractivity contribution in [2.45, 2.75) is 63.0 Å². The van der Waals surface area contributed by atoms with Crippen LogP contribution in [-0.4, -0.2) is 79.5 Å². The average molecular weight is 497 g/mol. The van der Waals surface area contributed by atoms with E-state index in [4.69, 9.17) is 14.5 Å². The lowest BCUT2D eigenvalue weighted by atomic mass is 9.76. The van der Waals surface area contributed by atoms with Gasteiger partial charge in [-0.05, 0) is 56.4 Å². The van der Waals surface area contributed by atoms with E-state index in [1.54, 1.807) is 11.1 Å². The zero-order chi connectivity index (χ0) is 24.8. The molecule has 1 unspecified atom stereocenters. The van der Waals surface area contributed by atoms with Crippen LogP contribution >= 0.6 is 0 Å². The molecule has 0 spiro atoms. The summed E-state index contributed by atoms with van der Waals surface area (Å²) in [5.74, 6) is 1.21. The zero-order valence-electron chi connectivity index (χ0n) is 20.1. The quantitative estimate of drug-likeness (QED) is 0.578. The molecule has 0 saturated carbocycles. The number of fused-ring (bicyclic) bond motifs is 2. The molecule has 1 aromatic carbocycles. The Morgan fingerprint density at radius 2 is 1.94 bits per heavy atom. The third-order valence-corrected chi connectivity index (χ3v) is 7.46. The van der Waals surface area contributed by atoms with Gasteiger partial charge in [-0.15, -0.1) is 0 Å². The molecule has 10 heteroatoms. The van der Waals surface area contributed by atoms with E-state index in [0.29, 0.717) is 30.8 Å². The van der Waals surface area contributed by atoms with Crippen LogP contribution in [0.2, 0.25) is 0 Å². The van der Waals surface area contributed by atoms with Crippen molar-refractivity contribution in [2.24, 2.45) is 4.99 Å². The molecule has 1 N–H and O–H groups in total. The summed E-state index contributed by atoms with van der Waals surface area (Å²) >= 11 is 0. The van der Waals surface area contributed by atoms with Crippen molar-refractivity contribution in [2.75, 3.05) is 39.6 Å². The normalized spacial score (nSPS) is 29.0. The van der Waals surface area contributed by atoms with Crippen LogP contribution < -0.4 is 14.8 Å². The summed E-state index contributed by atoms with van der Waals surface area (Å²) in [6.07, 6.45) is 1.02. The number of hydrogen-bond acceptors (Lipinski definition) is 6. The lowest BCUT2D eigenvalue weighted by Gasteiger charge is -2.49. The van der Waals surface area contributed by atoms with Crippen LogP contribution in [-0.2, 0) is 6.42 Å². The van der Waals surface area contributed by atoms with Gasteiger partial charge in [-0.25, -0.2) is 0 Å². The highest BCUT2D eigenvalue weighted by Crippen LogP contribution is 2.49. The highest BCUT2D eigenvalue weighted by molar-refractivity contribution is 5.79. The number of hydrogen-bond donors (Lipinski definition) is 1. The fraction of sp³-hybridized carbons (Fsp3) is 0.640. The fourth-order valence-electron chi connectivity index (χ4n) is 5.73. The maximum atomic E-state index is 13.7. The Bertz CT molecular complexity index is 1010. The first-order chi connectivity index (χ1) is 16.6. The SMILES string of the molecule is C[C@@H]1Cc2cc3c(cc2[C@@H](C2(C)CC=C(NC4CN(CCCF)C4)C=N2)N1CC(F)(F)F)OCO3. The van der Waals surface area contributed by atoms with Crippen molar-refractivity contribution >= 4 is 6.21 Å². The van der Waals surface area contributed by atoms with Gasteiger partial charge in [0.2, 0.25) is 6.79 Å². The van der Waals surface area contributed by atoms with Crippen LogP contribution in [0.5, 0.6) is 11.5 Å². The molecule has 6 nitrogen and oxygen atoms in total. The van der Waals surface area contributed by atoms with E-state index in [2.05, 4.69) is 10.2 Å². The first-order valence-corrected chi connectivity index (χ1v) is 12.2. The minimum atomic E-state index is -4.32. The third-order valence-electron chi connectivity index (χ3n) is 7.46. The third kappa shape index (κ3) is 5.00. The lowest BCUT2D eigenvalue weighted by Crippen LogP contribution is -2.58. The Hall–Kier alpha value is -2.33. The molecular weight excluding hydrogens is 464 g/mol. The zero-order valence-corrected chi connectivity index (χ0v) is 20.1. The monoisotopic (exact) mass is 496 g/mol. The van der Waals surface area contributed by atoms with Gasteiger partial charge in [0.1, 0.15) is 0 Å². The number of rotatable bonds is 7. The van der Waals surface area contributed by atoms with E-state index in [1.165, 1.54) is 0 Å². The predicted octanol–water partition coefficient (Wildman–Crippen LogP) is 4.02. The largest absolute Gasteiger partial charge is 0.454 e. The van der Waals surface area contributed by atoms with Gasteiger partial charge in [-0.3, -0.25) is 19.2 Å². The smallest absolute Gasteiger partial charge is 0.401 e. The van der Waals surface area contributed by atoms with E-state index in [-0.39, 0.29) is 25.6 Å². The number of likely N-dealkylation sites (tertiary alicyclic amines) is 1. The lowest BCUT2D eigenvalue weighted by molar-refractivity contribution is -0.161. The Kier molecular flexibility index (Phi) is 6.46. The number of alkyl halides is 4. The molecule has 4 aliphatic heterocycles. The number of nitrogens with one attached hydrogen (secondary N) is 1. The van der Waals surface area contributed by atoms with Gasteiger partial charge in [0, 0.05) is 37.6 Å². The van der Waals surface area contributed by atoms with Crippen molar-refractivity contribution in [3.63, 3.8) is 0 Å². The van der Waals surface area contributed by atoms with Gasteiger partial charge >= 0.3 is 6.18 Å². The van der Waals surface area contributed by atoms with Crippen LogP contribution in [0.15, 0.2) is 28.9 Å². The molecule has 0 aromatic heterocycles. The van der Waals surface area contributed by atoms with Gasteiger partial charge in [-0.2, -0.15) is 13.2 Å². The van der Waals surface area contributed by atoms with E-state index in [1.807, 2.05) is 32.1 Å². The van der Waals surface area contributed by atoms with Crippen molar-refractivity contribution < 1.29 is 27.0 Å². The molecule has 3 atom stereocenters. The number of allylic oxidation sites excluding steroid dienone is 1. The second-order valence-electron chi connectivity index (χ2n) is 10.3. The molecule has 35 heavy (non-hydrogen) atoms. The van der Waals surface area contributed by atoms with Crippen LogP contribution in [0.4, 0.5) is 17.6 Å². The van der Waals surface area contributed by atoms with Gasteiger partial charge in [0.25, 0.3) is 0 Å². The molecule has 4 heterocycles. The topological polar surface area (TPSA) is 49.3 Å². The second-order valence-corrected chi connectivity index (χ2v) is 10.3. The number of ether oxygens (including phenoxy) is 2. The molecule has 0 aliphatic carbocycles. The van der Waals surface area contributed by atoms with Gasteiger partial charge in [0.05, 0.1) is 30.8 Å². The number of aliphatic imine (C=N–C) groups is 1. The predicted molar refractivity (Wildman–Crippen MR) is 125 cm³/mol. The summed E-state index contributed by atoms with van der Waals surface area (Å²) in [5, 5.41) is 3.46. The number of dihydropyridines is 1. The van der Waals surface area contributed by atoms with E-state index in [0.717, 1.165) is 36.5 Å². The number of nitrogens with zero attached hydrogens (tertiary/aromatic N) is 3. The summed E-state index contributed by atoms with van der Waals surface area (Å²) in [6, 6.07) is 3.15. The van der Waals surface area contributed by atoms with Crippen LogP contribution in [0.25, 0.3) is 0 Å². The molecule has 4 aliphatic rings. The Morgan fingerprint density at radius 3 is 2.60 bits per heavy atom. The minimum absolute atomic E-state index is 0.115. The molecule has 1 aromatic rings. The first kappa shape index (κ1) is 24.4. The summed E-state index contributed by atoms with van der Waals surface area (Å²) in [5.41, 5.74) is 1.91. The van der Waals surface area contributed by atoms with Crippen LogP contribution in [0, 0.1) is 0 Å². The van der Waals surface area contributed by atoms with E-state index in [9.17, 15) is 17.6 Å². The number of benzene rings is 1. The fourth-order valence-corrected chi connectivity index (χ4v) is 5.73. The summed E-state index contributed by atoms with van der Waals surface area (Å²) in [6.45, 7) is 5.04. The molecule has 192 valence electrons. The Labute approximate surface area is 203 Å². The molecule has 5 rings (SSSR count). The van der Waals surface area contributed by atoms with Crippen molar-refractivity contribution in [3.8, 4) is 11.5 Å². The maximum absolute atomic E-state index is 13.7. The summed E-state index contributed by atoms with van der Waals surface area (Å²) < 4.78 is 64.4. The molecule has 1 fully saturated rings. The van der Waals surface area contributed by atoms with Crippen molar-refractivity contribution in [1.82, 2.24) is 15.1 Å². The highest BCUT2D eigenvalue weighted by Gasteiger charge is 2.48. The average Bonchev–Trinajstić information content (AvgIpc) is 3.22. The van der Waals surface area contributed by atoms with E-state index < -0.39 is 24.3 Å². The number of halogens is 4. The molecule has 0 amide bonds. The summed E-state index contributed by atoms with van der Waals surface area (Å²) in [7, 11) is 0. The van der Waals surface area contributed by atoms with E-state index >= 15 is 0 Å². The van der Waals surface area contributed by atoms with Crippen LogP contribution in [0.1, 0.15) is 43.9 Å².